The lowest BCUT2D eigenvalue weighted by Gasteiger charge is -2.09. The van der Waals surface area contributed by atoms with E-state index in [1.54, 1.807) is 0 Å². The summed E-state index contributed by atoms with van der Waals surface area (Å²) in [6.45, 7) is 0. The van der Waals surface area contributed by atoms with E-state index in [0.29, 0.717) is 5.89 Å². The highest BCUT2D eigenvalue weighted by molar-refractivity contribution is 6.11. The molecule has 0 fully saturated rings. The number of fused-ring (bicyclic) bond motifs is 4. The van der Waals surface area contributed by atoms with Gasteiger partial charge in [-0.3, -0.25) is 0 Å². The number of rotatable bonds is 6. The average Bonchev–Trinajstić information content (AvgIpc) is 3.81. The third-order valence-corrected chi connectivity index (χ3v) is 10.0. The average molecular weight is 665 g/mol. The molecular formula is C49H32N2O. The summed E-state index contributed by atoms with van der Waals surface area (Å²) in [5.74, 6) is 0.603. The number of hydrogen-bond donors (Lipinski definition) is 0. The summed E-state index contributed by atoms with van der Waals surface area (Å²) >= 11 is 0. The van der Waals surface area contributed by atoms with Gasteiger partial charge in [-0.25, -0.2) is 4.98 Å². The Balaban J connectivity index is 1.10. The summed E-state index contributed by atoms with van der Waals surface area (Å²) in [5, 5.41) is 2.44. The van der Waals surface area contributed by atoms with Gasteiger partial charge in [-0.15, -0.1) is 0 Å². The smallest absolute Gasteiger partial charge is 0.227 e. The first-order valence-corrected chi connectivity index (χ1v) is 17.6. The number of aromatic nitrogens is 2. The zero-order valence-electron chi connectivity index (χ0n) is 28.3. The molecule has 3 heteroatoms. The van der Waals surface area contributed by atoms with Crippen molar-refractivity contribution in [1.82, 2.24) is 9.55 Å². The molecule has 0 aliphatic carbocycles. The van der Waals surface area contributed by atoms with Gasteiger partial charge >= 0.3 is 0 Å². The van der Waals surface area contributed by atoms with Gasteiger partial charge in [0.05, 0.1) is 11.0 Å². The van der Waals surface area contributed by atoms with E-state index in [-0.39, 0.29) is 0 Å². The van der Waals surface area contributed by atoms with E-state index in [1.165, 1.54) is 33.0 Å². The van der Waals surface area contributed by atoms with Crippen molar-refractivity contribution in [3.63, 3.8) is 0 Å². The molecule has 0 aliphatic rings. The van der Waals surface area contributed by atoms with Crippen molar-refractivity contribution in [3.05, 3.63) is 194 Å². The third kappa shape index (κ3) is 5.19. The second-order valence-electron chi connectivity index (χ2n) is 13.2. The highest BCUT2D eigenvalue weighted by atomic mass is 16.3. The lowest BCUT2D eigenvalue weighted by atomic mass is 9.98. The lowest BCUT2D eigenvalue weighted by molar-refractivity contribution is 0.620. The molecule has 244 valence electrons. The monoisotopic (exact) mass is 664 g/mol. The molecule has 0 N–H and O–H groups in total. The first-order chi connectivity index (χ1) is 25.8. The Morgan fingerprint density at radius 3 is 1.35 bits per heavy atom. The van der Waals surface area contributed by atoms with Crippen molar-refractivity contribution < 1.29 is 4.42 Å². The first-order valence-electron chi connectivity index (χ1n) is 17.6. The van der Waals surface area contributed by atoms with Crippen LogP contribution in [0.3, 0.4) is 0 Å². The molecule has 0 saturated heterocycles. The van der Waals surface area contributed by atoms with Crippen LogP contribution in [0.2, 0.25) is 0 Å². The molecule has 0 bridgehead atoms. The topological polar surface area (TPSA) is 31.0 Å². The minimum Gasteiger partial charge on any atom is -0.436 e. The Bertz CT molecular complexity index is 2760. The molecule has 52 heavy (non-hydrogen) atoms. The third-order valence-electron chi connectivity index (χ3n) is 10.0. The molecule has 10 aromatic rings. The summed E-state index contributed by atoms with van der Waals surface area (Å²) in [6.07, 6.45) is 0. The van der Waals surface area contributed by atoms with Crippen molar-refractivity contribution in [2.75, 3.05) is 0 Å². The predicted octanol–water partition coefficient (Wildman–Crippen LogP) is 13.3. The molecular weight excluding hydrogens is 633 g/mol. The van der Waals surface area contributed by atoms with E-state index in [1.807, 2.05) is 12.1 Å². The molecule has 0 aliphatic heterocycles. The molecule has 0 unspecified atom stereocenters. The number of benzene rings is 8. The molecule has 2 heterocycles. The second kappa shape index (κ2) is 12.4. The summed E-state index contributed by atoms with van der Waals surface area (Å²) in [6, 6.07) is 68.6. The van der Waals surface area contributed by atoms with Crippen LogP contribution in [-0.4, -0.2) is 9.55 Å². The van der Waals surface area contributed by atoms with Crippen LogP contribution in [0.4, 0.5) is 0 Å². The van der Waals surface area contributed by atoms with E-state index in [0.717, 1.165) is 55.6 Å². The quantitative estimate of drug-likeness (QED) is 0.177. The largest absolute Gasteiger partial charge is 0.436 e. The number of oxazole rings is 1. The maximum atomic E-state index is 6.54. The van der Waals surface area contributed by atoms with Crippen molar-refractivity contribution in [2.45, 2.75) is 0 Å². The second-order valence-corrected chi connectivity index (χ2v) is 13.2. The highest BCUT2D eigenvalue weighted by Crippen LogP contribution is 2.39. The zero-order chi connectivity index (χ0) is 34.4. The normalized spacial score (nSPS) is 11.5. The minimum atomic E-state index is 0.603. The summed E-state index contributed by atoms with van der Waals surface area (Å²) in [5.41, 5.74) is 15.2. The van der Waals surface area contributed by atoms with Gasteiger partial charge in [0.15, 0.2) is 5.58 Å². The minimum absolute atomic E-state index is 0.603. The van der Waals surface area contributed by atoms with Gasteiger partial charge < -0.3 is 8.98 Å². The molecule has 0 atom stereocenters. The maximum Gasteiger partial charge on any atom is 0.227 e. The van der Waals surface area contributed by atoms with Crippen LogP contribution in [0.1, 0.15) is 0 Å². The van der Waals surface area contributed by atoms with E-state index in [2.05, 4.69) is 187 Å². The molecule has 2 aromatic heterocycles. The molecule has 8 aromatic carbocycles. The molecule has 0 saturated carbocycles. The Kier molecular flexibility index (Phi) is 7.14. The van der Waals surface area contributed by atoms with E-state index < -0.39 is 0 Å². The molecule has 0 amide bonds. The van der Waals surface area contributed by atoms with Gasteiger partial charge in [-0.2, -0.15) is 0 Å². The Labute approximate surface area is 301 Å². The lowest BCUT2D eigenvalue weighted by Crippen LogP contribution is -1.94. The van der Waals surface area contributed by atoms with E-state index in [9.17, 15) is 0 Å². The maximum absolute atomic E-state index is 6.54. The van der Waals surface area contributed by atoms with Crippen LogP contribution in [0, 0.1) is 0 Å². The number of nitrogens with zero attached hydrogens (tertiary/aromatic N) is 2. The predicted molar refractivity (Wildman–Crippen MR) is 216 cm³/mol. The van der Waals surface area contributed by atoms with Gasteiger partial charge in [0.2, 0.25) is 5.89 Å². The van der Waals surface area contributed by atoms with Gasteiger partial charge in [0.1, 0.15) is 5.52 Å². The summed E-state index contributed by atoms with van der Waals surface area (Å²) in [7, 11) is 0. The molecule has 10 rings (SSSR count). The molecule has 0 spiro atoms. The fraction of sp³-hybridized carbons (Fsp3) is 0. The SMILES string of the molecule is c1ccc(-c2cc(-c3ccccc3)c3nc(-c4ccc(-n5c6ccc(-c7ccccc7)cc6c6cc(-c7ccccc7)ccc65)cc4)oc3c2)cc1. The Hall–Kier alpha value is -6.97. The van der Waals surface area contributed by atoms with Crippen LogP contribution in [0.25, 0.3) is 94.6 Å². The van der Waals surface area contributed by atoms with Crippen LogP contribution in [0.15, 0.2) is 199 Å². The van der Waals surface area contributed by atoms with Crippen LogP contribution >= 0.6 is 0 Å². The zero-order valence-corrected chi connectivity index (χ0v) is 28.3. The fourth-order valence-corrected chi connectivity index (χ4v) is 7.46. The summed E-state index contributed by atoms with van der Waals surface area (Å²) < 4.78 is 8.91. The van der Waals surface area contributed by atoms with Crippen molar-refractivity contribution in [2.24, 2.45) is 0 Å². The Morgan fingerprint density at radius 1 is 0.365 bits per heavy atom. The van der Waals surface area contributed by atoms with Crippen LogP contribution in [-0.2, 0) is 0 Å². The van der Waals surface area contributed by atoms with Crippen LogP contribution in [0.5, 0.6) is 0 Å². The number of hydrogen-bond acceptors (Lipinski definition) is 2. The van der Waals surface area contributed by atoms with Gasteiger partial charge in [-0.1, -0.05) is 133 Å². The first kappa shape index (κ1) is 29.9. The fourth-order valence-electron chi connectivity index (χ4n) is 7.46. The standard InChI is InChI=1S/C49H32N2O/c1-5-13-33(14-6-1)38-23-27-45-43(29-38)44-30-39(34-15-7-2-8-16-34)24-28-46(44)51(45)41-25-21-37(22-26-41)49-50-48-42(36-19-11-4-12-20-36)31-40(32-47(48)52-49)35-17-9-3-10-18-35/h1-32H. The Morgan fingerprint density at radius 2 is 0.827 bits per heavy atom. The van der Waals surface area contributed by atoms with Gasteiger partial charge in [0.25, 0.3) is 0 Å². The van der Waals surface area contributed by atoms with Gasteiger partial charge in [0, 0.05) is 27.6 Å². The van der Waals surface area contributed by atoms with E-state index >= 15 is 0 Å². The van der Waals surface area contributed by atoms with Gasteiger partial charge in [-0.05, 0) is 99.6 Å². The highest BCUT2D eigenvalue weighted by Gasteiger charge is 2.18. The molecule has 0 radical (unpaired) electrons. The van der Waals surface area contributed by atoms with Crippen molar-refractivity contribution in [1.29, 1.82) is 0 Å². The van der Waals surface area contributed by atoms with Crippen molar-refractivity contribution >= 4 is 32.9 Å². The molecule has 3 nitrogen and oxygen atoms in total. The van der Waals surface area contributed by atoms with Crippen LogP contribution < -0.4 is 0 Å². The van der Waals surface area contributed by atoms with E-state index in [4.69, 9.17) is 9.40 Å². The summed E-state index contributed by atoms with van der Waals surface area (Å²) in [4.78, 5) is 5.09. The van der Waals surface area contributed by atoms with Crippen molar-refractivity contribution in [3.8, 4) is 61.6 Å².